The minimum Gasteiger partial charge on any atom is -0.382 e. The number of anilines is 1. The van der Waals surface area contributed by atoms with Crippen LogP contribution in [0.1, 0.15) is 18.9 Å². The van der Waals surface area contributed by atoms with E-state index in [4.69, 9.17) is 29.4 Å². The van der Waals surface area contributed by atoms with E-state index in [0.29, 0.717) is 95.6 Å². The molecule has 13 nitrogen and oxygen atoms in total. The predicted molar refractivity (Wildman–Crippen MR) is 139 cm³/mol. The molecular formula is C25H37N5O8. The summed E-state index contributed by atoms with van der Waals surface area (Å²) in [5.41, 5.74) is 5.56. The highest BCUT2D eigenvalue weighted by molar-refractivity contribution is 5.99. The summed E-state index contributed by atoms with van der Waals surface area (Å²) in [6.45, 7) is 5.77. The first kappa shape index (κ1) is 29.6. The Morgan fingerprint density at radius 2 is 1.50 bits per heavy atom. The molecule has 2 heterocycles. The van der Waals surface area contributed by atoms with Gasteiger partial charge in [0.05, 0.1) is 77.7 Å². The third-order valence-corrected chi connectivity index (χ3v) is 5.66. The van der Waals surface area contributed by atoms with Crippen LogP contribution in [-0.2, 0) is 33.3 Å². The maximum Gasteiger partial charge on any atom is 0.277 e. The maximum absolute atomic E-state index is 13.2. The van der Waals surface area contributed by atoms with E-state index in [0.717, 1.165) is 4.68 Å². The third kappa shape index (κ3) is 9.42. The van der Waals surface area contributed by atoms with Gasteiger partial charge >= 0.3 is 0 Å². The van der Waals surface area contributed by atoms with Crippen molar-refractivity contribution in [3.05, 3.63) is 34.7 Å². The number of fused-ring (bicyclic) bond motifs is 1. The van der Waals surface area contributed by atoms with Crippen molar-refractivity contribution in [3.8, 4) is 0 Å². The molecule has 4 N–H and O–H groups in total. The molecule has 0 bridgehead atoms. The molecule has 210 valence electrons. The first-order valence-electron chi connectivity index (χ1n) is 12.8. The number of amides is 2. The highest BCUT2D eigenvalue weighted by Gasteiger charge is 2.30. The van der Waals surface area contributed by atoms with Crippen molar-refractivity contribution in [2.75, 3.05) is 84.5 Å². The molecule has 1 aliphatic rings. The minimum absolute atomic E-state index is 0.165. The van der Waals surface area contributed by atoms with Gasteiger partial charge in [0.2, 0.25) is 5.91 Å². The molecule has 1 fully saturated rings. The van der Waals surface area contributed by atoms with Crippen molar-refractivity contribution in [1.29, 1.82) is 0 Å². The summed E-state index contributed by atoms with van der Waals surface area (Å²) in [6, 6.07) is 4.59. The average molecular weight is 536 g/mol. The second-order valence-electron chi connectivity index (χ2n) is 8.41. The van der Waals surface area contributed by atoms with Gasteiger partial charge in [-0.3, -0.25) is 19.7 Å². The smallest absolute Gasteiger partial charge is 0.277 e. The van der Waals surface area contributed by atoms with Crippen LogP contribution in [0.15, 0.2) is 29.2 Å². The lowest BCUT2D eigenvalue weighted by molar-refractivity contribution is -0.136. The van der Waals surface area contributed by atoms with Crippen LogP contribution in [0, 0.1) is 0 Å². The number of ether oxygens (including phenoxy) is 5. The molecule has 2 amide bonds. The van der Waals surface area contributed by atoms with Crippen LogP contribution in [0.2, 0.25) is 0 Å². The van der Waals surface area contributed by atoms with Crippen LogP contribution in [-0.4, -0.2) is 101 Å². The standard InChI is InChI=1S/C25H37N5O8/c26-6-8-34-10-12-36-14-16-38-17-15-37-13-11-35-9-7-27-20-3-1-2-19-18-28-30(25(33)23(19)20)21-4-5-22(31)29-24(21)32/h1-3,18,21,27H,4-17,26H2,(H,29,31,32). The van der Waals surface area contributed by atoms with Crippen LogP contribution < -0.4 is 21.9 Å². The van der Waals surface area contributed by atoms with E-state index in [1.807, 2.05) is 6.07 Å². The van der Waals surface area contributed by atoms with E-state index in [9.17, 15) is 14.4 Å². The Bertz CT molecular complexity index is 1080. The predicted octanol–water partition coefficient (Wildman–Crippen LogP) is -0.172. The van der Waals surface area contributed by atoms with Crippen molar-refractivity contribution in [1.82, 2.24) is 15.1 Å². The Morgan fingerprint density at radius 1 is 0.895 bits per heavy atom. The van der Waals surface area contributed by atoms with E-state index in [-0.39, 0.29) is 24.3 Å². The Labute approximate surface area is 220 Å². The van der Waals surface area contributed by atoms with Gasteiger partial charge in [0.25, 0.3) is 11.5 Å². The largest absolute Gasteiger partial charge is 0.382 e. The summed E-state index contributed by atoms with van der Waals surface area (Å²) in [4.78, 5) is 36.9. The van der Waals surface area contributed by atoms with Crippen molar-refractivity contribution < 1.29 is 33.3 Å². The van der Waals surface area contributed by atoms with Gasteiger partial charge in [0.1, 0.15) is 6.04 Å². The van der Waals surface area contributed by atoms with Crippen molar-refractivity contribution >= 4 is 28.3 Å². The molecular weight excluding hydrogens is 498 g/mol. The summed E-state index contributed by atoms with van der Waals surface area (Å²) >= 11 is 0. The summed E-state index contributed by atoms with van der Waals surface area (Å²) in [6.07, 6.45) is 1.95. The van der Waals surface area contributed by atoms with Crippen molar-refractivity contribution in [2.45, 2.75) is 18.9 Å². The monoisotopic (exact) mass is 535 g/mol. The van der Waals surface area contributed by atoms with Gasteiger partial charge < -0.3 is 34.7 Å². The number of hydrogen-bond donors (Lipinski definition) is 3. The average Bonchev–Trinajstić information content (AvgIpc) is 2.91. The number of carbonyl (C=O) groups excluding carboxylic acids is 2. The number of piperidine rings is 1. The Kier molecular flexibility index (Phi) is 13.1. The Hall–Kier alpha value is -2.94. The molecule has 13 heteroatoms. The normalized spacial score (nSPS) is 15.7. The zero-order chi connectivity index (χ0) is 27.0. The minimum atomic E-state index is -0.814. The number of nitrogens with two attached hydrogens (primary N) is 1. The SMILES string of the molecule is NCCOCCOCCOCCOCCOCCNc1cccc2cnn(C3CCC(=O)NC3=O)c(=O)c12. The first-order chi connectivity index (χ1) is 18.6. The number of benzene rings is 1. The number of nitrogens with zero attached hydrogens (tertiary/aromatic N) is 2. The molecule has 1 aromatic heterocycles. The molecule has 1 unspecified atom stereocenters. The first-order valence-corrected chi connectivity index (χ1v) is 12.8. The summed E-state index contributed by atoms with van der Waals surface area (Å²) in [5.74, 6) is -0.861. The summed E-state index contributed by atoms with van der Waals surface area (Å²) < 4.78 is 28.2. The second-order valence-corrected chi connectivity index (χ2v) is 8.41. The number of imide groups is 1. The van der Waals surface area contributed by atoms with E-state index in [1.54, 1.807) is 18.3 Å². The number of nitrogens with one attached hydrogen (secondary N) is 2. The van der Waals surface area contributed by atoms with Gasteiger partial charge in [-0.05, 0) is 12.5 Å². The quantitative estimate of drug-likeness (QED) is 0.161. The van der Waals surface area contributed by atoms with Gasteiger partial charge in [-0.15, -0.1) is 0 Å². The molecule has 1 aliphatic heterocycles. The van der Waals surface area contributed by atoms with Gasteiger partial charge in [0.15, 0.2) is 0 Å². The molecule has 1 atom stereocenters. The van der Waals surface area contributed by atoms with Crippen LogP contribution in [0.25, 0.3) is 10.8 Å². The molecule has 38 heavy (non-hydrogen) atoms. The molecule has 0 spiro atoms. The van der Waals surface area contributed by atoms with Gasteiger partial charge in [-0.1, -0.05) is 12.1 Å². The molecule has 1 aromatic carbocycles. The Morgan fingerprint density at radius 3 is 2.11 bits per heavy atom. The topological polar surface area (TPSA) is 165 Å². The fraction of sp³-hybridized carbons (Fsp3) is 0.600. The van der Waals surface area contributed by atoms with Gasteiger partial charge in [-0.25, -0.2) is 4.68 Å². The van der Waals surface area contributed by atoms with Crippen LogP contribution in [0.3, 0.4) is 0 Å². The van der Waals surface area contributed by atoms with Crippen LogP contribution in [0.4, 0.5) is 5.69 Å². The molecule has 2 aromatic rings. The third-order valence-electron chi connectivity index (χ3n) is 5.66. The van der Waals surface area contributed by atoms with E-state index in [1.165, 1.54) is 0 Å². The highest BCUT2D eigenvalue weighted by Crippen LogP contribution is 2.21. The molecule has 0 aliphatic carbocycles. The number of hydrogen-bond acceptors (Lipinski definition) is 11. The summed E-state index contributed by atoms with van der Waals surface area (Å²) in [7, 11) is 0. The molecule has 0 radical (unpaired) electrons. The van der Waals surface area contributed by atoms with E-state index in [2.05, 4.69) is 15.7 Å². The lowest BCUT2D eigenvalue weighted by Crippen LogP contribution is -2.45. The zero-order valence-electron chi connectivity index (χ0n) is 21.5. The fourth-order valence-corrected chi connectivity index (χ4v) is 3.82. The van der Waals surface area contributed by atoms with E-state index < -0.39 is 11.9 Å². The van der Waals surface area contributed by atoms with Crippen LogP contribution >= 0.6 is 0 Å². The number of carbonyl (C=O) groups is 2. The summed E-state index contributed by atoms with van der Waals surface area (Å²) in [5, 5.41) is 10.7. The van der Waals surface area contributed by atoms with Crippen LogP contribution in [0.5, 0.6) is 0 Å². The van der Waals surface area contributed by atoms with Crippen molar-refractivity contribution in [2.24, 2.45) is 5.73 Å². The number of aromatic nitrogens is 2. The fourth-order valence-electron chi connectivity index (χ4n) is 3.82. The lowest BCUT2D eigenvalue weighted by Gasteiger charge is -2.22. The molecule has 1 saturated heterocycles. The zero-order valence-corrected chi connectivity index (χ0v) is 21.5. The van der Waals surface area contributed by atoms with Gasteiger partial charge in [-0.2, -0.15) is 5.10 Å². The number of rotatable bonds is 19. The lowest BCUT2D eigenvalue weighted by atomic mass is 10.1. The van der Waals surface area contributed by atoms with Crippen molar-refractivity contribution in [3.63, 3.8) is 0 Å². The Balaban J connectivity index is 1.30. The second kappa shape index (κ2) is 16.8. The molecule has 0 saturated carbocycles. The molecule has 3 rings (SSSR count). The highest BCUT2D eigenvalue weighted by atomic mass is 16.6. The van der Waals surface area contributed by atoms with Gasteiger partial charge in [0, 0.05) is 30.6 Å². The van der Waals surface area contributed by atoms with E-state index >= 15 is 0 Å². The maximum atomic E-state index is 13.2.